The molecule has 1 heterocycles. The molecule has 1 saturated heterocycles. The molecule has 1 atom stereocenters. The summed E-state index contributed by atoms with van der Waals surface area (Å²) in [7, 11) is 1.76. The molecule has 5 heteroatoms. The lowest BCUT2D eigenvalue weighted by atomic mass is 10.0. The number of carboxylic acid groups (broad SMARTS) is 1. The van der Waals surface area contributed by atoms with Gasteiger partial charge in [0.25, 0.3) is 0 Å². The predicted octanol–water partition coefficient (Wildman–Crippen LogP) is 1.10. The minimum Gasteiger partial charge on any atom is -0.481 e. The molecule has 1 unspecified atom stereocenters. The molecule has 0 bridgehead atoms. The van der Waals surface area contributed by atoms with Crippen LogP contribution in [0.3, 0.4) is 0 Å². The van der Waals surface area contributed by atoms with Crippen LogP contribution in [-0.2, 0) is 4.79 Å². The molecule has 16 heavy (non-hydrogen) atoms. The number of rotatable bonds is 3. The molecular weight excluding hydrogens is 208 g/mol. The van der Waals surface area contributed by atoms with Crippen molar-refractivity contribution < 1.29 is 14.7 Å². The van der Waals surface area contributed by atoms with Gasteiger partial charge in [0.1, 0.15) is 0 Å². The zero-order chi connectivity index (χ0) is 12.5. The van der Waals surface area contributed by atoms with Gasteiger partial charge in [-0.3, -0.25) is 4.79 Å². The van der Waals surface area contributed by atoms with Crippen LogP contribution in [0.4, 0.5) is 4.79 Å². The van der Waals surface area contributed by atoms with Crippen molar-refractivity contribution in [2.75, 3.05) is 20.1 Å². The van der Waals surface area contributed by atoms with Crippen molar-refractivity contribution in [3.05, 3.63) is 0 Å². The molecule has 1 N–H and O–H groups in total. The highest BCUT2D eigenvalue weighted by molar-refractivity contribution is 5.79. The first-order chi connectivity index (χ1) is 7.34. The Morgan fingerprint density at radius 2 is 1.81 bits per heavy atom. The van der Waals surface area contributed by atoms with Crippen LogP contribution >= 0.6 is 0 Å². The Hall–Kier alpha value is -1.26. The summed E-state index contributed by atoms with van der Waals surface area (Å²) in [6.45, 7) is 6.79. The Bertz CT molecular complexity index is 285. The lowest BCUT2D eigenvalue weighted by Crippen LogP contribution is -2.58. The van der Waals surface area contributed by atoms with E-state index in [1.165, 1.54) is 0 Å². The van der Waals surface area contributed by atoms with E-state index in [4.69, 9.17) is 5.11 Å². The molecule has 1 rings (SSSR count). The third-order valence-corrected chi connectivity index (χ3v) is 3.38. The van der Waals surface area contributed by atoms with Gasteiger partial charge in [0, 0.05) is 26.2 Å². The molecule has 1 aliphatic heterocycles. The molecule has 0 spiro atoms. The molecule has 1 fully saturated rings. The largest absolute Gasteiger partial charge is 0.481 e. The van der Waals surface area contributed by atoms with Crippen LogP contribution in [0.2, 0.25) is 0 Å². The summed E-state index contributed by atoms with van der Waals surface area (Å²) in [6, 6.07) is 0.0927. The number of hydrogen-bond donors (Lipinski definition) is 1. The molecule has 0 saturated carbocycles. The van der Waals surface area contributed by atoms with Gasteiger partial charge in [0.05, 0.1) is 5.92 Å². The third kappa shape index (κ3) is 2.46. The quantitative estimate of drug-likeness (QED) is 0.786. The van der Waals surface area contributed by atoms with Gasteiger partial charge in [-0.2, -0.15) is 0 Å². The third-order valence-electron chi connectivity index (χ3n) is 3.38. The SMILES string of the molecule is CC(C)C(C)N(C)C(=O)N1CC(C(=O)O)C1. The first-order valence-electron chi connectivity index (χ1n) is 5.59. The fourth-order valence-corrected chi connectivity index (χ4v) is 1.64. The number of hydrogen-bond acceptors (Lipinski definition) is 2. The smallest absolute Gasteiger partial charge is 0.320 e. The number of aliphatic carboxylic acids is 1. The molecule has 0 aromatic carbocycles. The molecule has 0 aliphatic carbocycles. The number of carbonyl (C=O) groups excluding carboxylic acids is 1. The van der Waals surface area contributed by atoms with Crippen molar-refractivity contribution in [2.45, 2.75) is 26.8 Å². The number of carboxylic acids is 1. The Morgan fingerprint density at radius 1 is 1.31 bits per heavy atom. The number of likely N-dealkylation sites (tertiary alicyclic amines) is 1. The fraction of sp³-hybridized carbons (Fsp3) is 0.818. The van der Waals surface area contributed by atoms with Gasteiger partial charge >= 0.3 is 12.0 Å². The Balaban J connectivity index is 2.45. The van der Waals surface area contributed by atoms with Crippen LogP contribution in [0, 0.1) is 11.8 Å². The molecule has 92 valence electrons. The van der Waals surface area contributed by atoms with E-state index < -0.39 is 5.97 Å². The molecule has 0 radical (unpaired) electrons. The summed E-state index contributed by atoms with van der Waals surface area (Å²) in [6.07, 6.45) is 0. The topological polar surface area (TPSA) is 60.9 Å². The van der Waals surface area contributed by atoms with Crippen molar-refractivity contribution in [3.8, 4) is 0 Å². The van der Waals surface area contributed by atoms with Gasteiger partial charge in [-0.15, -0.1) is 0 Å². The standard InChI is InChI=1S/C11H20N2O3/c1-7(2)8(3)12(4)11(16)13-5-9(6-13)10(14)15/h7-9H,5-6H2,1-4H3,(H,14,15). The second-order valence-electron chi connectivity index (χ2n) is 4.82. The van der Waals surface area contributed by atoms with Gasteiger partial charge in [-0.05, 0) is 12.8 Å². The minimum absolute atomic E-state index is 0.0706. The normalized spacial score (nSPS) is 18.2. The van der Waals surface area contributed by atoms with E-state index >= 15 is 0 Å². The monoisotopic (exact) mass is 228 g/mol. The molecule has 0 aromatic rings. The number of carbonyl (C=O) groups is 2. The molecule has 1 aliphatic rings. The zero-order valence-corrected chi connectivity index (χ0v) is 10.3. The number of urea groups is 1. The summed E-state index contributed by atoms with van der Waals surface area (Å²) in [5, 5.41) is 8.72. The Morgan fingerprint density at radius 3 is 2.19 bits per heavy atom. The van der Waals surface area contributed by atoms with E-state index in [1.54, 1.807) is 16.8 Å². The van der Waals surface area contributed by atoms with Crippen molar-refractivity contribution in [1.29, 1.82) is 0 Å². The maximum absolute atomic E-state index is 11.9. The maximum atomic E-state index is 11.9. The van der Waals surface area contributed by atoms with Crippen molar-refractivity contribution in [1.82, 2.24) is 9.80 Å². The van der Waals surface area contributed by atoms with Crippen LogP contribution in [0.15, 0.2) is 0 Å². The lowest BCUT2D eigenvalue weighted by Gasteiger charge is -2.41. The molecule has 5 nitrogen and oxygen atoms in total. The Kier molecular flexibility index (Phi) is 3.78. The average Bonchev–Trinajstić information content (AvgIpc) is 2.12. The van der Waals surface area contributed by atoms with Gasteiger partial charge in [-0.25, -0.2) is 4.79 Å². The fourth-order valence-electron chi connectivity index (χ4n) is 1.64. The summed E-state index contributed by atoms with van der Waals surface area (Å²) in [5.74, 6) is -0.805. The van der Waals surface area contributed by atoms with Gasteiger partial charge in [-0.1, -0.05) is 13.8 Å². The van der Waals surface area contributed by atoms with E-state index in [2.05, 4.69) is 13.8 Å². The first kappa shape index (κ1) is 12.8. The summed E-state index contributed by atoms with van der Waals surface area (Å²) < 4.78 is 0. The molecule has 2 amide bonds. The molecular formula is C11H20N2O3. The van der Waals surface area contributed by atoms with E-state index in [1.807, 2.05) is 6.92 Å². The maximum Gasteiger partial charge on any atom is 0.320 e. The second kappa shape index (κ2) is 4.72. The van der Waals surface area contributed by atoms with Crippen LogP contribution in [0.1, 0.15) is 20.8 Å². The molecule has 0 aromatic heterocycles. The van der Waals surface area contributed by atoms with Crippen molar-refractivity contribution >= 4 is 12.0 Å². The highest BCUT2D eigenvalue weighted by Crippen LogP contribution is 2.19. The van der Waals surface area contributed by atoms with Crippen LogP contribution < -0.4 is 0 Å². The summed E-state index contributed by atoms with van der Waals surface area (Å²) >= 11 is 0. The van der Waals surface area contributed by atoms with Crippen molar-refractivity contribution in [2.24, 2.45) is 11.8 Å². The first-order valence-corrected chi connectivity index (χ1v) is 5.59. The Labute approximate surface area is 96.0 Å². The highest BCUT2D eigenvalue weighted by atomic mass is 16.4. The van der Waals surface area contributed by atoms with Crippen molar-refractivity contribution in [3.63, 3.8) is 0 Å². The predicted molar refractivity (Wildman–Crippen MR) is 60.2 cm³/mol. The van der Waals surface area contributed by atoms with Gasteiger partial charge < -0.3 is 14.9 Å². The van der Waals surface area contributed by atoms with Crippen LogP contribution in [0.25, 0.3) is 0 Å². The number of amides is 2. The number of nitrogens with zero attached hydrogens (tertiary/aromatic N) is 2. The van der Waals surface area contributed by atoms with E-state index in [-0.39, 0.29) is 18.0 Å². The second-order valence-corrected chi connectivity index (χ2v) is 4.82. The van der Waals surface area contributed by atoms with Gasteiger partial charge in [0.15, 0.2) is 0 Å². The van der Waals surface area contributed by atoms with Crippen LogP contribution in [0.5, 0.6) is 0 Å². The lowest BCUT2D eigenvalue weighted by molar-refractivity contribution is -0.146. The van der Waals surface area contributed by atoms with Gasteiger partial charge in [0.2, 0.25) is 0 Å². The zero-order valence-electron chi connectivity index (χ0n) is 10.3. The average molecular weight is 228 g/mol. The van der Waals surface area contributed by atoms with E-state index in [0.717, 1.165) is 0 Å². The minimum atomic E-state index is -0.816. The van der Waals surface area contributed by atoms with E-state index in [0.29, 0.717) is 19.0 Å². The van der Waals surface area contributed by atoms with E-state index in [9.17, 15) is 9.59 Å². The highest BCUT2D eigenvalue weighted by Gasteiger charge is 2.37. The van der Waals surface area contributed by atoms with Crippen LogP contribution in [-0.4, -0.2) is 53.1 Å². The summed E-state index contributed by atoms with van der Waals surface area (Å²) in [5.41, 5.74) is 0. The summed E-state index contributed by atoms with van der Waals surface area (Å²) in [4.78, 5) is 25.8.